The number of ether oxygens (including phenoxy) is 4. The molecular weight excluding hydrogens is 472 g/mol. The predicted octanol–water partition coefficient (Wildman–Crippen LogP) is 4.17. The van der Waals surface area contributed by atoms with E-state index in [0.29, 0.717) is 39.9 Å². The summed E-state index contributed by atoms with van der Waals surface area (Å²) in [5.74, 6) is 1.25. The van der Waals surface area contributed by atoms with Gasteiger partial charge in [-0.05, 0) is 35.9 Å². The number of nitrogens with one attached hydrogen (secondary N) is 2. The van der Waals surface area contributed by atoms with Crippen LogP contribution in [0.4, 0.5) is 11.4 Å². The minimum atomic E-state index is -3.82. The van der Waals surface area contributed by atoms with Gasteiger partial charge in [0, 0.05) is 23.9 Å². The minimum absolute atomic E-state index is 0.0717. The maximum absolute atomic E-state index is 12.7. The van der Waals surface area contributed by atoms with Gasteiger partial charge in [0.2, 0.25) is 11.7 Å². The van der Waals surface area contributed by atoms with Gasteiger partial charge < -0.3 is 24.3 Å². The smallest absolute Gasteiger partial charge is 0.262 e. The molecule has 3 rings (SSSR count). The monoisotopic (exact) mass is 498 g/mol. The van der Waals surface area contributed by atoms with E-state index in [-0.39, 0.29) is 4.90 Å². The second kappa shape index (κ2) is 11.3. The molecule has 3 aromatic rings. The molecule has 0 unspecified atom stereocenters. The Bertz CT molecular complexity index is 1290. The second-order valence-electron chi connectivity index (χ2n) is 7.11. The van der Waals surface area contributed by atoms with Gasteiger partial charge >= 0.3 is 0 Å². The van der Waals surface area contributed by atoms with Crippen molar-refractivity contribution in [2.24, 2.45) is 0 Å². The Morgan fingerprint density at radius 1 is 0.800 bits per heavy atom. The zero-order valence-electron chi connectivity index (χ0n) is 19.7. The van der Waals surface area contributed by atoms with Gasteiger partial charge in [-0.3, -0.25) is 9.52 Å². The fraction of sp³-hybridized carbons (Fsp3) is 0.160. The van der Waals surface area contributed by atoms with Crippen molar-refractivity contribution in [3.8, 4) is 23.0 Å². The largest absolute Gasteiger partial charge is 0.495 e. The molecule has 0 aliphatic heterocycles. The maximum Gasteiger partial charge on any atom is 0.262 e. The van der Waals surface area contributed by atoms with E-state index in [2.05, 4.69) is 10.0 Å². The highest BCUT2D eigenvalue weighted by atomic mass is 32.2. The summed E-state index contributed by atoms with van der Waals surface area (Å²) in [5, 5.41) is 2.73. The summed E-state index contributed by atoms with van der Waals surface area (Å²) in [6, 6.07) is 16.0. The summed E-state index contributed by atoms with van der Waals surface area (Å²) in [7, 11) is 2.11. The lowest BCUT2D eigenvalue weighted by atomic mass is 10.2. The number of hydrogen-bond acceptors (Lipinski definition) is 7. The summed E-state index contributed by atoms with van der Waals surface area (Å²) in [6.45, 7) is 0. The molecule has 35 heavy (non-hydrogen) atoms. The van der Waals surface area contributed by atoms with Crippen molar-refractivity contribution in [2.75, 3.05) is 38.5 Å². The molecule has 0 heterocycles. The van der Waals surface area contributed by atoms with E-state index in [1.807, 2.05) is 0 Å². The Kier molecular flexibility index (Phi) is 8.21. The van der Waals surface area contributed by atoms with Gasteiger partial charge in [-0.1, -0.05) is 24.3 Å². The first-order valence-electron chi connectivity index (χ1n) is 10.4. The number of carbonyl (C=O) groups excluding carboxylic acids is 1. The summed E-state index contributed by atoms with van der Waals surface area (Å²) in [5.41, 5.74) is 1.43. The zero-order chi connectivity index (χ0) is 25.4. The highest BCUT2D eigenvalue weighted by molar-refractivity contribution is 7.92. The zero-order valence-corrected chi connectivity index (χ0v) is 20.5. The fourth-order valence-electron chi connectivity index (χ4n) is 3.20. The molecule has 2 N–H and O–H groups in total. The van der Waals surface area contributed by atoms with Crippen LogP contribution >= 0.6 is 0 Å². The Morgan fingerprint density at radius 3 is 1.97 bits per heavy atom. The van der Waals surface area contributed by atoms with E-state index in [1.165, 1.54) is 46.6 Å². The van der Waals surface area contributed by atoms with Crippen LogP contribution in [0.15, 0.2) is 71.6 Å². The quantitative estimate of drug-likeness (QED) is 0.404. The molecule has 0 bridgehead atoms. The second-order valence-corrected chi connectivity index (χ2v) is 8.79. The van der Waals surface area contributed by atoms with Gasteiger partial charge in [0.25, 0.3) is 10.0 Å². The molecule has 0 aliphatic carbocycles. The number of anilines is 2. The summed E-state index contributed by atoms with van der Waals surface area (Å²) >= 11 is 0. The number of methoxy groups -OCH3 is 4. The van der Waals surface area contributed by atoms with Crippen LogP contribution in [0.5, 0.6) is 23.0 Å². The molecule has 0 fully saturated rings. The minimum Gasteiger partial charge on any atom is -0.495 e. The lowest BCUT2D eigenvalue weighted by Crippen LogP contribution is -2.13. The van der Waals surface area contributed by atoms with E-state index in [1.54, 1.807) is 54.6 Å². The fourth-order valence-corrected chi connectivity index (χ4v) is 4.27. The number of para-hydroxylation sites is 2. The van der Waals surface area contributed by atoms with E-state index >= 15 is 0 Å². The Hall–Kier alpha value is -4.18. The molecule has 0 spiro atoms. The molecule has 184 valence electrons. The third kappa shape index (κ3) is 6.24. The molecule has 1 amide bonds. The van der Waals surface area contributed by atoms with Crippen LogP contribution in [0.2, 0.25) is 0 Å². The summed E-state index contributed by atoms with van der Waals surface area (Å²) in [4.78, 5) is 12.5. The summed E-state index contributed by atoms with van der Waals surface area (Å²) < 4.78 is 49.0. The van der Waals surface area contributed by atoms with Gasteiger partial charge in [0.05, 0.1) is 39.0 Å². The van der Waals surface area contributed by atoms with Gasteiger partial charge in [-0.2, -0.15) is 0 Å². The highest BCUT2D eigenvalue weighted by Gasteiger charge is 2.16. The first kappa shape index (κ1) is 25.4. The average Bonchev–Trinajstić information content (AvgIpc) is 2.87. The van der Waals surface area contributed by atoms with Crippen molar-refractivity contribution in [3.05, 3.63) is 72.3 Å². The van der Waals surface area contributed by atoms with Crippen LogP contribution < -0.4 is 29.0 Å². The topological polar surface area (TPSA) is 112 Å². The third-order valence-electron chi connectivity index (χ3n) is 4.90. The molecule has 0 aromatic heterocycles. The number of carbonyl (C=O) groups is 1. The average molecular weight is 499 g/mol. The van der Waals surface area contributed by atoms with Crippen molar-refractivity contribution < 1.29 is 32.2 Å². The molecule has 0 saturated heterocycles. The van der Waals surface area contributed by atoms with Crippen molar-refractivity contribution >= 4 is 33.4 Å². The number of amides is 1. The number of rotatable bonds is 10. The van der Waals surface area contributed by atoms with Crippen LogP contribution in [-0.2, 0) is 14.8 Å². The van der Waals surface area contributed by atoms with Crippen LogP contribution in [-0.4, -0.2) is 42.8 Å². The van der Waals surface area contributed by atoms with E-state index in [0.717, 1.165) is 0 Å². The molecule has 9 nitrogen and oxygen atoms in total. The standard InChI is InChI=1S/C25H26N2O7S/c1-31-21-8-6-5-7-20(21)27-35(29,30)19-12-9-17(10-13-19)11-14-24(28)26-18-15-22(32-2)25(34-4)23(16-18)33-3/h5-16,27H,1-4H3,(H,26,28)/b14-11+. The van der Waals surface area contributed by atoms with E-state index in [9.17, 15) is 13.2 Å². The molecule has 10 heteroatoms. The Morgan fingerprint density at radius 2 is 1.40 bits per heavy atom. The molecule has 0 radical (unpaired) electrons. The maximum atomic E-state index is 12.7. The van der Waals surface area contributed by atoms with Crippen LogP contribution in [0.25, 0.3) is 6.08 Å². The van der Waals surface area contributed by atoms with Gasteiger partial charge in [0.1, 0.15) is 5.75 Å². The normalized spacial score (nSPS) is 11.1. The number of benzene rings is 3. The van der Waals surface area contributed by atoms with Gasteiger partial charge in [-0.25, -0.2) is 8.42 Å². The molecule has 0 atom stereocenters. The van der Waals surface area contributed by atoms with E-state index in [4.69, 9.17) is 18.9 Å². The van der Waals surface area contributed by atoms with Crippen LogP contribution in [0.1, 0.15) is 5.56 Å². The highest BCUT2D eigenvalue weighted by Crippen LogP contribution is 2.39. The lowest BCUT2D eigenvalue weighted by Gasteiger charge is -2.14. The third-order valence-corrected chi connectivity index (χ3v) is 6.28. The predicted molar refractivity (Wildman–Crippen MR) is 134 cm³/mol. The number of hydrogen-bond donors (Lipinski definition) is 2. The Labute approximate surface area is 204 Å². The molecule has 0 saturated carbocycles. The van der Waals surface area contributed by atoms with Crippen molar-refractivity contribution in [1.82, 2.24) is 0 Å². The van der Waals surface area contributed by atoms with Crippen molar-refractivity contribution in [3.63, 3.8) is 0 Å². The van der Waals surface area contributed by atoms with Crippen molar-refractivity contribution in [2.45, 2.75) is 4.90 Å². The van der Waals surface area contributed by atoms with Crippen LogP contribution in [0.3, 0.4) is 0 Å². The molecule has 3 aromatic carbocycles. The summed E-state index contributed by atoms with van der Waals surface area (Å²) in [6.07, 6.45) is 2.90. The van der Waals surface area contributed by atoms with E-state index < -0.39 is 15.9 Å². The van der Waals surface area contributed by atoms with Crippen molar-refractivity contribution in [1.29, 1.82) is 0 Å². The first-order chi connectivity index (χ1) is 16.8. The molecule has 0 aliphatic rings. The SMILES string of the molecule is COc1ccccc1NS(=O)(=O)c1ccc(/C=C/C(=O)Nc2cc(OC)c(OC)c(OC)c2)cc1. The molecular formula is C25H26N2O7S. The Balaban J connectivity index is 1.70. The first-order valence-corrected chi connectivity index (χ1v) is 11.8. The number of sulfonamides is 1. The van der Waals surface area contributed by atoms with Crippen LogP contribution in [0, 0.1) is 0 Å². The van der Waals surface area contributed by atoms with Gasteiger partial charge in [0.15, 0.2) is 11.5 Å². The lowest BCUT2D eigenvalue weighted by molar-refractivity contribution is -0.111. The van der Waals surface area contributed by atoms with Gasteiger partial charge in [-0.15, -0.1) is 0 Å².